The summed E-state index contributed by atoms with van der Waals surface area (Å²) in [6, 6.07) is 29.7. The third kappa shape index (κ3) is 7.93. The Balaban J connectivity index is 1.48. The van der Waals surface area contributed by atoms with Gasteiger partial charge >= 0.3 is 0 Å². The van der Waals surface area contributed by atoms with Gasteiger partial charge in [-0.1, -0.05) is 78.9 Å². The van der Waals surface area contributed by atoms with Crippen LogP contribution in [-0.2, 0) is 35.6 Å². The minimum atomic E-state index is -0.950. The van der Waals surface area contributed by atoms with Crippen molar-refractivity contribution in [3.8, 4) is 11.5 Å². The summed E-state index contributed by atoms with van der Waals surface area (Å²) in [5.41, 5.74) is 8.84. The monoisotopic (exact) mass is 512 g/mol. The van der Waals surface area contributed by atoms with E-state index in [1.54, 1.807) is 18.2 Å². The Bertz CT molecular complexity index is 1360. The van der Waals surface area contributed by atoms with Crippen LogP contribution >= 0.6 is 0 Å². The van der Waals surface area contributed by atoms with E-state index in [-0.39, 0.29) is 12.8 Å². The summed E-state index contributed by atoms with van der Waals surface area (Å²) in [7, 11) is 0. The summed E-state index contributed by atoms with van der Waals surface area (Å²) in [6.07, 6.45) is 0.0874. The zero-order valence-corrected chi connectivity index (χ0v) is 20.8. The molecule has 0 radical (unpaired) electrons. The van der Waals surface area contributed by atoms with Gasteiger partial charge in [-0.15, -0.1) is 0 Å². The van der Waals surface area contributed by atoms with Crippen LogP contribution < -0.4 is 20.5 Å². The molecule has 3 N–H and O–H groups in total. The zero-order chi connectivity index (χ0) is 26.7. The first kappa shape index (κ1) is 26.4. The lowest BCUT2D eigenvalue weighted by Gasteiger charge is -2.18. The van der Waals surface area contributed by atoms with Crippen molar-refractivity contribution in [2.24, 2.45) is 5.73 Å². The molecule has 0 aromatic heterocycles. The van der Waals surface area contributed by atoms with Crippen LogP contribution in [0.5, 0.6) is 11.5 Å². The van der Waals surface area contributed by atoms with Crippen LogP contribution in [0.2, 0.25) is 0 Å². The first-order valence-corrected chi connectivity index (χ1v) is 12.3. The Morgan fingerprint density at radius 1 is 0.711 bits per heavy atom. The molecule has 0 heterocycles. The molecule has 0 aliphatic rings. The van der Waals surface area contributed by atoms with E-state index in [1.165, 1.54) is 18.2 Å². The van der Waals surface area contributed by atoms with Gasteiger partial charge in [-0.3, -0.25) is 9.59 Å². The van der Waals surface area contributed by atoms with Crippen molar-refractivity contribution < 1.29 is 23.5 Å². The third-order valence-corrected chi connectivity index (χ3v) is 5.85. The minimum Gasteiger partial charge on any atom is -0.485 e. The van der Waals surface area contributed by atoms with E-state index in [1.807, 2.05) is 66.7 Å². The van der Waals surface area contributed by atoms with Gasteiger partial charge in [0.05, 0.1) is 6.42 Å². The van der Waals surface area contributed by atoms with Crippen LogP contribution in [0.3, 0.4) is 0 Å². The third-order valence-electron chi connectivity index (χ3n) is 5.85. The number of amides is 2. The molecule has 4 aromatic rings. The van der Waals surface area contributed by atoms with Gasteiger partial charge in [0.1, 0.15) is 25.1 Å². The Morgan fingerprint density at radius 3 is 1.92 bits per heavy atom. The zero-order valence-electron chi connectivity index (χ0n) is 20.8. The first-order valence-electron chi connectivity index (χ1n) is 12.3. The van der Waals surface area contributed by atoms with Crippen molar-refractivity contribution >= 4 is 11.8 Å². The van der Waals surface area contributed by atoms with E-state index in [9.17, 15) is 14.0 Å². The average molecular weight is 513 g/mol. The number of nitrogens with two attached hydrogens (primary N) is 1. The van der Waals surface area contributed by atoms with E-state index < -0.39 is 23.7 Å². The molecule has 194 valence electrons. The highest BCUT2D eigenvalue weighted by Crippen LogP contribution is 2.30. The molecular formula is C31H29FN2O4. The van der Waals surface area contributed by atoms with Crippen LogP contribution in [0.4, 0.5) is 4.39 Å². The number of nitrogens with one attached hydrogen (secondary N) is 1. The molecule has 4 rings (SSSR count). The molecule has 0 saturated carbocycles. The van der Waals surface area contributed by atoms with Crippen molar-refractivity contribution in [1.82, 2.24) is 5.32 Å². The summed E-state index contributed by atoms with van der Waals surface area (Å²) < 4.78 is 25.6. The van der Waals surface area contributed by atoms with Crippen molar-refractivity contribution in [2.75, 3.05) is 0 Å². The molecule has 0 saturated heterocycles. The predicted octanol–water partition coefficient (Wildman–Crippen LogP) is 4.74. The summed E-state index contributed by atoms with van der Waals surface area (Å²) in [6.45, 7) is 0.692. The van der Waals surface area contributed by atoms with Crippen LogP contribution in [0, 0.1) is 5.82 Å². The van der Waals surface area contributed by atoms with E-state index in [4.69, 9.17) is 15.2 Å². The second-order valence-corrected chi connectivity index (χ2v) is 8.86. The number of primary amides is 1. The molecule has 2 amide bonds. The van der Waals surface area contributed by atoms with Gasteiger partial charge < -0.3 is 20.5 Å². The largest absolute Gasteiger partial charge is 0.485 e. The maximum absolute atomic E-state index is 13.5. The fourth-order valence-electron chi connectivity index (χ4n) is 3.92. The van der Waals surface area contributed by atoms with Crippen LogP contribution in [-0.4, -0.2) is 17.9 Å². The number of hydrogen-bond acceptors (Lipinski definition) is 4. The Morgan fingerprint density at radius 2 is 1.32 bits per heavy atom. The van der Waals surface area contributed by atoms with Crippen LogP contribution in [0.25, 0.3) is 0 Å². The molecule has 38 heavy (non-hydrogen) atoms. The number of carbonyl (C=O) groups is 2. The molecule has 7 heteroatoms. The summed E-state index contributed by atoms with van der Waals surface area (Å²) in [4.78, 5) is 24.7. The number of benzene rings is 4. The lowest BCUT2D eigenvalue weighted by molar-refractivity contribution is -0.127. The summed E-state index contributed by atoms with van der Waals surface area (Å²) >= 11 is 0. The van der Waals surface area contributed by atoms with E-state index in [0.717, 1.165) is 16.7 Å². The normalized spacial score (nSPS) is 11.4. The minimum absolute atomic E-state index is 0.0702. The molecule has 0 unspecified atom stereocenters. The van der Waals surface area contributed by atoms with Crippen molar-refractivity contribution in [3.63, 3.8) is 0 Å². The standard InChI is InChI=1S/C31H29FN2O4/c32-26-13-7-12-24(16-26)19-30(35)34-27(31(33)36)17-25-14-15-28(37-20-22-8-3-1-4-9-22)29(18-25)38-21-23-10-5-2-6-11-23/h1-16,18,27H,17,19-21H2,(H2,33,36)(H,34,35)/t27-/m1/s1. The van der Waals surface area contributed by atoms with Gasteiger partial charge in [0.15, 0.2) is 11.5 Å². The molecule has 0 spiro atoms. The van der Waals surface area contributed by atoms with Gasteiger partial charge in [0.2, 0.25) is 11.8 Å². The summed E-state index contributed by atoms with van der Waals surface area (Å²) in [5, 5.41) is 2.66. The Hall–Kier alpha value is -4.65. The van der Waals surface area contributed by atoms with Crippen LogP contribution in [0.15, 0.2) is 103 Å². The second-order valence-electron chi connectivity index (χ2n) is 8.86. The Labute approximate surface area is 221 Å². The summed E-state index contributed by atoms with van der Waals surface area (Å²) in [5.74, 6) is -0.466. The topological polar surface area (TPSA) is 90.7 Å². The number of halogens is 1. The Kier molecular flexibility index (Phi) is 9.07. The van der Waals surface area contributed by atoms with Gasteiger partial charge in [0.25, 0.3) is 0 Å². The molecular weight excluding hydrogens is 483 g/mol. The quantitative estimate of drug-likeness (QED) is 0.287. The number of rotatable bonds is 12. The highest BCUT2D eigenvalue weighted by molar-refractivity contribution is 5.87. The highest BCUT2D eigenvalue weighted by atomic mass is 19.1. The fourth-order valence-corrected chi connectivity index (χ4v) is 3.92. The van der Waals surface area contributed by atoms with Gasteiger partial charge in [-0.2, -0.15) is 0 Å². The second kappa shape index (κ2) is 13.1. The lowest BCUT2D eigenvalue weighted by atomic mass is 10.0. The highest BCUT2D eigenvalue weighted by Gasteiger charge is 2.20. The maximum atomic E-state index is 13.5. The average Bonchev–Trinajstić information content (AvgIpc) is 2.92. The maximum Gasteiger partial charge on any atom is 0.240 e. The molecule has 0 bridgehead atoms. The SMILES string of the molecule is NC(=O)[C@@H](Cc1ccc(OCc2ccccc2)c(OCc2ccccc2)c1)NC(=O)Cc1cccc(F)c1. The molecule has 0 aliphatic carbocycles. The fraction of sp³-hybridized carbons (Fsp3) is 0.161. The predicted molar refractivity (Wildman–Crippen MR) is 143 cm³/mol. The molecule has 0 aliphatic heterocycles. The van der Waals surface area contributed by atoms with E-state index in [2.05, 4.69) is 5.32 Å². The number of hydrogen-bond donors (Lipinski definition) is 2. The molecule has 0 fully saturated rings. The van der Waals surface area contributed by atoms with Crippen molar-refractivity contribution in [2.45, 2.75) is 32.1 Å². The van der Waals surface area contributed by atoms with E-state index in [0.29, 0.717) is 30.3 Å². The van der Waals surface area contributed by atoms with Crippen LogP contribution in [0.1, 0.15) is 22.3 Å². The van der Waals surface area contributed by atoms with Crippen molar-refractivity contribution in [3.05, 3.63) is 131 Å². The van der Waals surface area contributed by atoms with Gasteiger partial charge in [0, 0.05) is 6.42 Å². The van der Waals surface area contributed by atoms with Crippen molar-refractivity contribution in [1.29, 1.82) is 0 Å². The number of carbonyl (C=O) groups excluding carboxylic acids is 2. The molecule has 1 atom stereocenters. The van der Waals surface area contributed by atoms with Gasteiger partial charge in [-0.25, -0.2) is 4.39 Å². The van der Waals surface area contributed by atoms with E-state index >= 15 is 0 Å². The first-order chi connectivity index (χ1) is 18.5. The van der Waals surface area contributed by atoms with Gasteiger partial charge in [-0.05, 0) is 46.5 Å². The smallest absolute Gasteiger partial charge is 0.240 e. The lowest BCUT2D eigenvalue weighted by Crippen LogP contribution is -2.46. The number of ether oxygens (including phenoxy) is 2. The molecule has 4 aromatic carbocycles. The molecule has 6 nitrogen and oxygen atoms in total.